The van der Waals surface area contributed by atoms with E-state index < -0.39 is 23.1 Å². The average molecular weight is 277 g/mol. The molecule has 104 valence electrons. The minimum Gasteiger partial charge on any atom is -0.494 e. The van der Waals surface area contributed by atoms with E-state index in [4.69, 9.17) is 4.74 Å². The molecule has 2 aromatic carbocycles. The molecule has 0 aliphatic carbocycles. The van der Waals surface area contributed by atoms with Crippen molar-refractivity contribution in [2.45, 2.75) is 6.92 Å². The zero-order chi connectivity index (χ0) is 14.5. The number of carbonyl (C=O) groups is 1. The summed E-state index contributed by atoms with van der Waals surface area (Å²) in [6, 6.07) is 9.81. The number of amides is 1. The van der Waals surface area contributed by atoms with Crippen molar-refractivity contribution in [3.8, 4) is 5.75 Å². The molecule has 0 saturated carbocycles. The van der Waals surface area contributed by atoms with Gasteiger partial charge in [0.1, 0.15) is 22.9 Å². The SMILES string of the molecule is CCOc1ccc(NC(=O)c2c(F)cccc2F)cc1. The highest BCUT2D eigenvalue weighted by Crippen LogP contribution is 2.18. The Morgan fingerprint density at radius 1 is 1.10 bits per heavy atom. The van der Waals surface area contributed by atoms with Crippen molar-refractivity contribution in [3.63, 3.8) is 0 Å². The van der Waals surface area contributed by atoms with Crippen LogP contribution in [0, 0.1) is 11.6 Å². The normalized spacial score (nSPS) is 10.2. The van der Waals surface area contributed by atoms with Gasteiger partial charge in [0, 0.05) is 5.69 Å². The van der Waals surface area contributed by atoms with Crippen molar-refractivity contribution in [2.24, 2.45) is 0 Å². The Bertz CT molecular complexity index is 592. The molecule has 20 heavy (non-hydrogen) atoms. The van der Waals surface area contributed by atoms with Gasteiger partial charge in [-0.05, 0) is 43.3 Å². The van der Waals surface area contributed by atoms with Gasteiger partial charge < -0.3 is 10.1 Å². The van der Waals surface area contributed by atoms with E-state index in [1.54, 1.807) is 24.3 Å². The first-order valence-corrected chi connectivity index (χ1v) is 6.10. The Kier molecular flexibility index (Phi) is 4.30. The summed E-state index contributed by atoms with van der Waals surface area (Å²) in [5.41, 5.74) is -0.164. The molecule has 1 N–H and O–H groups in total. The maximum Gasteiger partial charge on any atom is 0.261 e. The van der Waals surface area contributed by atoms with Crippen LogP contribution in [-0.4, -0.2) is 12.5 Å². The summed E-state index contributed by atoms with van der Waals surface area (Å²) in [5, 5.41) is 2.43. The zero-order valence-corrected chi connectivity index (χ0v) is 10.8. The highest BCUT2D eigenvalue weighted by molar-refractivity contribution is 6.04. The van der Waals surface area contributed by atoms with Gasteiger partial charge >= 0.3 is 0 Å². The third-order valence-electron chi connectivity index (χ3n) is 2.61. The van der Waals surface area contributed by atoms with Crippen molar-refractivity contribution in [2.75, 3.05) is 11.9 Å². The molecule has 0 spiro atoms. The van der Waals surface area contributed by atoms with Crippen LogP contribution in [0.25, 0.3) is 0 Å². The largest absolute Gasteiger partial charge is 0.494 e. The summed E-state index contributed by atoms with van der Waals surface area (Å²) in [5.74, 6) is -1.96. The summed E-state index contributed by atoms with van der Waals surface area (Å²) < 4.78 is 32.2. The van der Waals surface area contributed by atoms with Gasteiger partial charge in [0.15, 0.2) is 0 Å². The van der Waals surface area contributed by atoms with Crippen LogP contribution in [0.3, 0.4) is 0 Å². The molecule has 2 aromatic rings. The quantitative estimate of drug-likeness (QED) is 0.927. The fourth-order valence-corrected chi connectivity index (χ4v) is 1.71. The molecule has 0 unspecified atom stereocenters. The highest BCUT2D eigenvalue weighted by Gasteiger charge is 2.16. The molecule has 0 fully saturated rings. The summed E-state index contributed by atoms with van der Waals surface area (Å²) in [6.45, 7) is 2.39. The summed E-state index contributed by atoms with van der Waals surface area (Å²) in [4.78, 5) is 11.8. The standard InChI is InChI=1S/C15H13F2NO2/c1-2-20-11-8-6-10(7-9-11)18-15(19)14-12(16)4-3-5-13(14)17/h3-9H,2H2,1H3,(H,18,19). The second kappa shape index (κ2) is 6.14. The lowest BCUT2D eigenvalue weighted by atomic mass is 10.2. The Hall–Kier alpha value is -2.43. The molecule has 0 aliphatic heterocycles. The van der Waals surface area contributed by atoms with Gasteiger partial charge in [-0.1, -0.05) is 6.07 Å². The highest BCUT2D eigenvalue weighted by atomic mass is 19.1. The van der Waals surface area contributed by atoms with Crippen LogP contribution in [0.4, 0.5) is 14.5 Å². The Labute approximate surface area is 115 Å². The van der Waals surface area contributed by atoms with E-state index in [2.05, 4.69) is 5.32 Å². The third kappa shape index (κ3) is 3.12. The summed E-state index contributed by atoms with van der Waals surface area (Å²) in [7, 11) is 0. The van der Waals surface area contributed by atoms with E-state index in [1.165, 1.54) is 6.07 Å². The van der Waals surface area contributed by atoms with Crippen LogP contribution in [0.1, 0.15) is 17.3 Å². The van der Waals surface area contributed by atoms with E-state index >= 15 is 0 Å². The van der Waals surface area contributed by atoms with E-state index in [0.29, 0.717) is 18.0 Å². The number of rotatable bonds is 4. The zero-order valence-electron chi connectivity index (χ0n) is 10.8. The van der Waals surface area contributed by atoms with Crippen LogP contribution in [-0.2, 0) is 0 Å². The van der Waals surface area contributed by atoms with Crippen LogP contribution < -0.4 is 10.1 Å². The molecule has 0 aliphatic rings. The van der Waals surface area contributed by atoms with Crippen LogP contribution in [0.2, 0.25) is 0 Å². The van der Waals surface area contributed by atoms with Crippen LogP contribution in [0.5, 0.6) is 5.75 Å². The first-order valence-electron chi connectivity index (χ1n) is 6.10. The van der Waals surface area contributed by atoms with Gasteiger partial charge in [0.25, 0.3) is 5.91 Å². The Morgan fingerprint density at radius 3 is 2.25 bits per heavy atom. The number of hydrogen-bond donors (Lipinski definition) is 1. The van der Waals surface area contributed by atoms with Crippen LogP contribution >= 0.6 is 0 Å². The average Bonchev–Trinajstić information content (AvgIpc) is 2.41. The topological polar surface area (TPSA) is 38.3 Å². The molecule has 0 bridgehead atoms. The molecular weight excluding hydrogens is 264 g/mol. The van der Waals surface area contributed by atoms with Gasteiger partial charge in [0.05, 0.1) is 6.61 Å². The summed E-state index contributed by atoms with van der Waals surface area (Å²) >= 11 is 0. The van der Waals surface area contributed by atoms with E-state index in [9.17, 15) is 13.6 Å². The maximum absolute atomic E-state index is 13.4. The number of benzene rings is 2. The van der Waals surface area contributed by atoms with E-state index in [-0.39, 0.29) is 0 Å². The van der Waals surface area contributed by atoms with Gasteiger partial charge in [-0.2, -0.15) is 0 Å². The number of nitrogens with one attached hydrogen (secondary N) is 1. The smallest absolute Gasteiger partial charge is 0.261 e. The Morgan fingerprint density at radius 2 is 1.70 bits per heavy atom. The van der Waals surface area contributed by atoms with Crippen molar-refractivity contribution in [3.05, 3.63) is 59.7 Å². The molecule has 5 heteroatoms. The predicted octanol–water partition coefficient (Wildman–Crippen LogP) is 3.62. The van der Waals surface area contributed by atoms with Gasteiger partial charge in [0.2, 0.25) is 0 Å². The molecule has 0 atom stereocenters. The third-order valence-corrected chi connectivity index (χ3v) is 2.61. The number of carbonyl (C=O) groups excluding carboxylic acids is 1. The number of anilines is 1. The van der Waals surface area contributed by atoms with Gasteiger partial charge in [-0.25, -0.2) is 8.78 Å². The monoisotopic (exact) mass is 277 g/mol. The fraction of sp³-hybridized carbons (Fsp3) is 0.133. The minimum absolute atomic E-state index is 0.432. The van der Waals surface area contributed by atoms with Crippen molar-refractivity contribution >= 4 is 11.6 Å². The lowest BCUT2D eigenvalue weighted by molar-refractivity contribution is 0.101. The lowest BCUT2D eigenvalue weighted by Gasteiger charge is -2.08. The summed E-state index contributed by atoms with van der Waals surface area (Å²) in [6.07, 6.45) is 0. The molecule has 1 amide bonds. The molecule has 0 heterocycles. The molecule has 0 aromatic heterocycles. The van der Waals surface area contributed by atoms with Gasteiger partial charge in [-0.15, -0.1) is 0 Å². The number of halogens is 2. The van der Waals surface area contributed by atoms with E-state index in [0.717, 1.165) is 12.1 Å². The molecule has 0 radical (unpaired) electrons. The maximum atomic E-state index is 13.4. The van der Waals surface area contributed by atoms with Gasteiger partial charge in [-0.3, -0.25) is 4.79 Å². The van der Waals surface area contributed by atoms with Crippen molar-refractivity contribution < 1.29 is 18.3 Å². The molecular formula is C15H13F2NO2. The lowest BCUT2D eigenvalue weighted by Crippen LogP contribution is -2.15. The first kappa shape index (κ1) is 14.0. The second-order valence-electron chi connectivity index (χ2n) is 4.01. The van der Waals surface area contributed by atoms with Crippen LogP contribution in [0.15, 0.2) is 42.5 Å². The number of hydrogen-bond acceptors (Lipinski definition) is 2. The molecule has 3 nitrogen and oxygen atoms in total. The van der Waals surface area contributed by atoms with E-state index in [1.807, 2.05) is 6.92 Å². The first-order chi connectivity index (χ1) is 9.61. The van der Waals surface area contributed by atoms with Crippen molar-refractivity contribution in [1.82, 2.24) is 0 Å². The fourth-order valence-electron chi connectivity index (χ4n) is 1.71. The molecule has 0 saturated heterocycles. The predicted molar refractivity (Wildman–Crippen MR) is 71.9 cm³/mol. The van der Waals surface area contributed by atoms with Crippen molar-refractivity contribution in [1.29, 1.82) is 0 Å². The number of ether oxygens (including phenoxy) is 1. The Balaban J connectivity index is 2.15. The minimum atomic E-state index is -0.895. The molecule has 2 rings (SSSR count). The second-order valence-corrected chi connectivity index (χ2v) is 4.01.